The topological polar surface area (TPSA) is 38.3 Å². The van der Waals surface area contributed by atoms with Gasteiger partial charge in [0.2, 0.25) is 0 Å². The summed E-state index contributed by atoms with van der Waals surface area (Å²) in [6.07, 6.45) is 1.95. The lowest BCUT2D eigenvalue weighted by atomic mass is 10.0. The number of ether oxygens (including phenoxy) is 1. The van der Waals surface area contributed by atoms with Crippen LogP contribution < -0.4 is 10.1 Å². The SMILES string of the molecule is COc1ccc2c(c1)/C(=C\c1ccc3cccccc1-3)C(=O)N2. The van der Waals surface area contributed by atoms with Gasteiger partial charge in [-0.15, -0.1) is 0 Å². The van der Waals surface area contributed by atoms with E-state index < -0.39 is 0 Å². The van der Waals surface area contributed by atoms with E-state index in [-0.39, 0.29) is 5.91 Å². The summed E-state index contributed by atoms with van der Waals surface area (Å²) in [5.41, 5.74) is 5.69. The van der Waals surface area contributed by atoms with Crippen molar-refractivity contribution in [1.29, 1.82) is 0 Å². The van der Waals surface area contributed by atoms with Crippen LogP contribution in [0, 0.1) is 0 Å². The molecule has 0 fully saturated rings. The van der Waals surface area contributed by atoms with Crippen LogP contribution in [-0.4, -0.2) is 13.0 Å². The number of carbonyl (C=O) groups excluding carboxylic acids is 1. The van der Waals surface area contributed by atoms with Crippen LogP contribution in [0.2, 0.25) is 0 Å². The summed E-state index contributed by atoms with van der Waals surface area (Å²) in [7, 11) is 1.63. The fraction of sp³-hybridized carbons (Fsp3) is 0.0500. The van der Waals surface area contributed by atoms with Crippen LogP contribution in [0.5, 0.6) is 5.75 Å². The molecular weight excluding hydrogens is 286 g/mol. The van der Waals surface area contributed by atoms with Gasteiger partial charge in [0.1, 0.15) is 5.75 Å². The van der Waals surface area contributed by atoms with Crippen molar-refractivity contribution in [2.75, 3.05) is 12.4 Å². The van der Waals surface area contributed by atoms with E-state index in [1.165, 1.54) is 0 Å². The summed E-state index contributed by atoms with van der Waals surface area (Å²) >= 11 is 0. The number of amides is 1. The number of fused-ring (bicyclic) bond motifs is 2. The molecule has 0 saturated heterocycles. The number of nitrogens with one attached hydrogen (secondary N) is 1. The minimum Gasteiger partial charge on any atom is -0.497 e. The zero-order valence-corrected chi connectivity index (χ0v) is 12.7. The first-order chi connectivity index (χ1) is 11.3. The fourth-order valence-electron chi connectivity index (χ4n) is 2.96. The molecule has 1 amide bonds. The number of anilines is 1. The molecule has 0 bridgehead atoms. The zero-order chi connectivity index (χ0) is 15.8. The third-order valence-corrected chi connectivity index (χ3v) is 4.13. The van der Waals surface area contributed by atoms with Gasteiger partial charge in [-0.25, -0.2) is 0 Å². The van der Waals surface area contributed by atoms with Gasteiger partial charge in [0.25, 0.3) is 5.91 Å². The average Bonchev–Trinajstić information content (AvgIpc) is 2.98. The summed E-state index contributed by atoms with van der Waals surface area (Å²) in [6, 6.07) is 19.9. The summed E-state index contributed by atoms with van der Waals surface area (Å²) < 4.78 is 5.27. The molecule has 2 aliphatic carbocycles. The summed E-state index contributed by atoms with van der Waals surface area (Å²) in [5.74, 6) is 0.660. The van der Waals surface area contributed by atoms with Crippen LogP contribution >= 0.6 is 0 Å². The Morgan fingerprint density at radius 2 is 1.83 bits per heavy atom. The molecule has 0 atom stereocenters. The van der Waals surface area contributed by atoms with Crippen molar-refractivity contribution < 1.29 is 9.53 Å². The van der Waals surface area contributed by atoms with Gasteiger partial charge in [0, 0.05) is 16.8 Å². The van der Waals surface area contributed by atoms with Crippen molar-refractivity contribution in [2.24, 2.45) is 0 Å². The van der Waals surface area contributed by atoms with Crippen LogP contribution in [0.3, 0.4) is 0 Å². The van der Waals surface area contributed by atoms with Gasteiger partial charge in [-0.2, -0.15) is 0 Å². The van der Waals surface area contributed by atoms with Crippen molar-refractivity contribution in [2.45, 2.75) is 0 Å². The first-order valence-corrected chi connectivity index (χ1v) is 7.45. The molecule has 0 saturated carbocycles. The molecule has 1 aromatic carbocycles. The van der Waals surface area contributed by atoms with Crippen molar-refractivity contribution in [3.63, 3.8) is 0 Å². The van der Waals surface area contributed by atoms with Crippen molar-refractivity contribution in [3.8, 4) is 16.9 Å². The third-order valence-electron chi connectivity index (χ3n) is 4.13. The Bertz CT molecular complexity index is 911. The smallest absolute Gasteiger partial charge is 0.256 e. The van der Waals surface area contributed by atoms with Gasteiger partial charge >= 0.3 is 0 Å². The second-order valence-corrected chi connectivity index (χ2v) is 5.49. The predicted molar refractivity (Wildman–Crippen MR) is 92.6 cm³/mol. The fourth-order valence-corrected chi connectivity index (χ4v) is 2.96. The Morgan fingerprint density at radius 3 is 2.70 bits per heavy atom. The molecule has 1 aromatic rings. The molecule has 3 heteroatoms. The number of rotatable bonds is 2. The number of methoxy groups -OCH3 is 1. The summed E-state index contributed by atoms with van der Waals surface area (Å²) in [6.45, 7) is 0. The van der Waals surface area contributed by atoms with Gasteiger partial charge in [-0.05, 0) is 41.0 Å². The molecule has 0 unspecified atom stereocenters. The van der Waals surface area contributed by atoms with E-state index >= 15 is 0 Å². The molecule has 3 nitrogen and oxygen atoms in total. The predicted octanol–water partition coefficient (Wildman–Crippen LogP) is 4.29. The molecule has 0 aromatic heterocycles. The van der Waals surface area contributed by atoms with Gasteiger partial charge in [0.15, 0.2) is 0 Å². The van der Waals surface area contributed by atoms with Crippen molar-refractivity contribution in [1.82, 2.24) is 0 Å². The van der Waals surface area contributed by atoms with Crippen LogP contribution in [0.4, 0.5) is 5.69 Å². The normalized spacial score (nSPS) is 14.8. The lowest BCUT2D eigenvalue weighted by molar-refractivity contribution is -0.110. The van der Waals surface area contributed by atoms with Gasteiger partial charge in [0.05, 0.1) is 7.11 Å². The third kappa shape index (κ3) is 2.27. The van der Waals surface area contributed by atoms with Gasteiger partial charge < -0.3 is 10.1 Å². The molecule has 112 valence electrons. The van der Waals surface area contributed by atoms with Crippen LogP contribution in [0.15, 0.2) is 60.7 Å². The van der Waals surface area contributed by atoms with Crippen molar-refractivity contribution >= 4 is 23.2 Å². The Kier molecular flexibility index (Phi) is 3.12. The van der Waals surface area contributed by atoms with E-state index in [4.69, 9.17) is 4.74 Å². The first-order valence-electron chi connectivity index (χ1n) is 7.45. The second-order valence-electron chi connectivity index (χ2n) is 5.49. The van der Waals surface area contributed by atoms with Crippen molar-refractivity contribution in [3.05, 3.63) is 71.8 Å². The highest BCUT2D eigenvalue weighted by Crippen LogP contribution is 2.37. The quantitative estimate of drug-likeness (QED) is 0.717. The largest absolute Gasteiger partial charge is 0.497 e. The highest BCUT2D eigenvalue weighted by molar-refractivity contribution is 6.35. The molecule has 4 rings (SSSR count). The Morgan fingerprint density at radius 1 is 0.957 bits per heavy atom. The monoisotopic (exact) mass is 301 g/mol. The molecule has 23 heavy (non-hydrogen) atoms. The van der Waals surface area contributed by atoms with Crippen LogP contribution in [0.25, 0.3) is 22.8 Å². The lowest BCUT2D eigenvalue weighted by Crippen LogP contribution is -2.03. The molecule has 1 heterocycles. The summed E-state index contributed by atoms with van der Waals surface area (Å²) in [5, 5.41) is 2.90. The maximum Gasteiger partial charge on any atom is 0.256 e. The number of hydrogen-bond donors (Lipinski definition) is 1. The van der Waals surface area contributed by atoms with Crippen LogP contribution in [-0.2, 0) is 4.79 Å². The van der Waals surface area contributed by atoms with E-state index in [9.17, 15) is 4.79 Å². The standard InChI is InChI=1S/C20H15NO2/c1-23-15-9-10-19-17(12-15)18(20(22)21-19)11-14-8-7-13-5-3-2-4-6-16(13)14/h2-12H,1H3,(H,21,22)/b18-11+. The average molecular weight is 301 g/mol. The highest BCUT2D eigenvalue weighted by atomic mass is 16.5. The second kappa shape index (κ2) is 5.29. The number of benzene rings is 1. The highest BCUT2D eigenvalue weighted by Gasteiger charge is 2.25. The van der Waals surface area contributed by atoms with Gasteiger partial charge in [-0.1, -0.05) is 42.5 Å². The molecule has 1 aliphatic heterocycles. The molecule has 1 N–H and O–H groups in total. The van der Waals surface area contributed by atoms with E-state index in [1.807, 2.05) is 48.5 Å². The van der Waals surface area contributed by atoms with Gasteiger partial charge in [-0.3, -0.25) is 4.79 Å². The maximum absolute atomic E-state index is 12.3. The maximum atomic E-state index is 12.3. The van der Waals surface area contributed by atoms with E-state index in [1.54, 1.807) is 7.11 Å². The molecule has 0 radical (unpaired) electrons. The summed E-state index contributed by atoms with van der Waals surface area (Å²) in [4.78, 5) is 12.3. The minimum absolute atomic E-state index is 0.0806. The zero-order valence-electron chi connectivity index (χ0n) is 12.7. The Hall–Kier alpha value is -3.07. The van der Waals surface area contributed by atoms with Crippen LogP contribution in [0.1, 0.15) is 11.1 Å². The van der Waals surface area contributed by atoms with E-state index in [2.05, 4.69) is 23.5 Å². The molecular formula is C20H15NO2. The Balaban J connectivity index is 1.85. The molecule has 3 aliphatic rings. The molecule has 0 spiro atoms. The Labute approximate surface area is 134 Å². The van der Waals surface area contributed by atoms with E-state index in [0.717, 1.165) is 33.7 Å². The first kappa shape index (κ1) is 13.6. The van der Waals surface area contributed by atoms with E-state index in [0.29, 0.717) is 5.57 Å². The number of hydrogen-bond acceptors (Lipinski definition) is 2. The lowest BCUT2D eigenvalue weighted by Gasteiger charge is -2.03. The minimum atomic E-state index is -0.0806. The number of carbonyl (C=O) groups is 1.